The molecule has 2 aromatic carbocycles. The van der Waals surface area contributed by atoms with Gasteiger partial charge in [0, 0.05) is 49.3 Å². The van der Waals surface area contributed by atoms with E-state index in [2.05, 4.69) is 56.4 Å². The highest BCUT2D eigenvalue weighted by molar-refractivity contribution is 7.91. The molecule has 0 unspecified atom stereocenters. The van der Waals surface area contributed by atoms with Crippen LogP contribution in [0.3, 0.4) is 0 Å². The van der Waals surface area contributed by atoms with Gasteiger partial charge in [-0.1, -0.05) is 25.1 Å². The van der Waals surface area contributed by atoms with Crippen molar-refractivity contribution in [3.05, 3.63) is 54.7 Å². The van der Waals surface area contributed by atoms with E-state index >= 15 is 0 Å². The van der Waals surface area contributed by atoms with E-state index in [4.69, 9.17) is 5.73 Å². The second-order valence-electron chi connectivity index (χ2n) is 8.30. The van der Waals surface area contributed by atoms with E-state index < -0.39 is 9.84 Å². The number of nitrogens with one attached hydrogen (secondary N) is 1. The highest BCUT2D eigenvalue weighted by Crippen LogP contribution is 2.31. The Kier molecular flexibility index (Phi) is 6.80. The first kappa shape index (κ1) is 23.0. The molecule has 3 aromatic rings. The number of nitrogens with two attached hydrogens (primary N) is 1. The molecule has 0 bridgehead atoms. The average molecular weight is 467 g/mol. The summed E-state index contributed by atoms with van der Waals surface area (Å²) in [6.45, 7) is 5.96. The van der Waals surface area contributed by atoms with E-state index in [1.54, 1.807) is 24.4 Å². The van der Waals surface area contributed by atoms with Crippen LogP contribution in [0.4, 0.5) is 23.1 Å². The molecule has 9 heteroatoms. The Morgan fingerprint density at radius 1 is 1.06 bits per heavy atom. The molecule has 33 heavy (non-hydrogen) atoms. The number of rotatable bonds is 7. The molecule has 1 aromatic heterocycles. The fourth-order valence-corrected chi connectivity index (χ4v) is 5.27. The third-order valence-electron chi connectivity index (χ3n) is 5.78. The number of aromatic nitrogens is 2. The minimum atomic E-state index is -3.32. The summed E-state index contributed by atoms with van der Waals surface area (Å²) >= 11 is 0. The van der Waals surface area contributed by atoms with Gasteiger partial charge in [0.2, 0.25) is 5.95 Å². The lowest BCUT2D eigenvalue weighted by Crippen LogP contribution is -2.44. The van der Waals surface area contributed by atoms with Crippen molar-refractivity contribution in [3.63, 3.8) is 0 Å². The van der Waals surface area contributed by atoms with Crippen LogP contribution in [0.15, 0.2) is 59.6 Å². The van der Waals surface area contributed by atoms with Crippen LogP contribution in [0.25, 0.3) is 11.1 Å². The molecule has 1 aliphatic heterocycles. The van der Waals surface area contributed by atoms with Gasteiger partial charge in [0.15, 0.2) is 9.84 Å². The van der Waals surface area contributed by atoms with Crippen molar-refractivity contribution in [2.75, 3.05) is 54.9 Å². The second-order valence-corrected chi connectivity index (χ2v) is 10.4. The molecule has 1 saturated heterocycles. The van der Waals surface area contributed by atoms with Crippen LogP contribution >= 0.6 is 0 Å². The van der Waals surface area contributed by atoms with Crippen LogP contribution in [0.5, 0.6) is 0 Å². The number of benzene rings is 2. The fraction of sp³-hybridized carbons (Fsp3) is 0.333. The number of nitrogen functional groups attached to an aromatic ring is 1. The van der Waals surface area contributed by atoms with Crippen LogP contribution < -0.4 is 16.0 Å². The number of piperazine rings is 1. The average Bonchev–Trinajstić information content (AvgIpc) is 2.80. The number of hydrogen-bond donors (Lipinski definition) is 2. The SMILES string of the molecule is CCCS(=O)(=O)c1cccc(Nc2nc(N)ncc2-c2ccc(N3CCN(C)CC3)cc2)c1. The summed E-state index contributed by atoms with van der Waals surface area (Å²) < 4.78 is 25.0. The number of nitrogens with zero attached hydrogens (tertiary/aromatic N) is 4. The van der Waals surface area contributed by atoms with Gasteiger partial charge in [-0.25, -0.2) is 13.4 Å². The topological polar surface area (TPSA) is 104 Å². The Morgan fingerprint density at radius 2 is 1.79 bits per heavy atom. The normalized spacial score (nSPS) is 14.9. The molecule has 3 N–H and O–H groups in total. The lowest BCUT2D eigenvalue weighted by Gasteiger charge is -2.34. The highest BCUT2D eigenvalue weighted by Gasteiger charge is 2.16. The van der Waals surface area contributed by atoms with Gasteiger partial charge in [-0.15, -0.1) is 0 Å². The van der Waals surface area contributed by atoms with Crippen LogP contribution in [0.1, 0.15) is 13.3 Å². The molecule has 4 rings (SSSR count). The molecular formula is C24H30N6O2S. The fourth-order valence-electron chi connectivity index (χ4n) is 3.91. The minimum Gasteiger partial charge on any atom is -0.369 e. The largest absolute Gasteiger partial charge is 0.369 e. The van der Waals surface area contributed by atoms with Crippen molar-refractivity contribution in [1.82, 2.24) is 14.9 Å². The van der Waals surface area contributed by atoms with Crippen LogP contribution in [-0.2, 0) is 9.84 Å². The highest BCUT2D eigenvalue weighted by atomic mass is 32.2. The second kappa shape index (κ2) is 9.76. The standard InChI is InChI=1S/C24H30N6O2S/c1-3-15-33(31,32)21-6-4-5-19(16-21)27-23-22(17-26-24(25)28-23)18-7-9-20(10-8-18)30-13-11-29(2)12-14-30/h4-10,16-17H,3,11-15H2,1-2H3,(H3,25,26,27,28). The molecule has 0 amide bonds. The summed E-state index contributed by atoms with van der Waals surface area (Å²) in [5.74, 6) is 0.784. The van der Waals surface area contributed by atoms with Crippen molar-refractivity contribution in [2.24, 2.45) is 0 Å². The van der Waals surface area contributed by atoms with Crippen molar-refractivity contribution in [2.45, 2.75) is 18.2 Å². The smallest absolute Gasteiger partial charge is 0.221 e. The third kappa shape index (κ3) is 5.43. The van der Waals surface area contributed by atoms with Crippen molar-refractivity contribution in [3.8, 4) is 11.1 Å². The Bertz CT molecular complexity index is 1210. The van der Waals surface area contributed by atoms with Crippen LogP contribution in [-0.4, -0.2) is 62.3 Å². The van der Waals surface area contributed by atoms with E-state index in [0.29, 0.717) is 17.9 Å². The summed E-state index contributed by atoms with van der Waals surface area (Å²) in [6.07, 6.45) is 2.25. The first-order chi connectivity index (χ1) is 15.9. The number of hydrogen-bond acceptors (Lipinski definition) is 8. The van der Waals surface area contributed by atoms with Crippen LogP contribution in [0.2, 0.25) is 0 Å². The molecule has 0 radical (unpaired) electrons. The predicted octanol–water partition coefficient (Wildman–Crippen LogP) is 3.40. The van der Waals surface area contributed by atoms with Gasteiger partial charge >= 0.3 is 0 Å². The molecule has 0 saturated carbocycles. The summed E-state index contributed by atoms with van der Waals surface area (Å²) in [7, 11) is -1.18. The Hall–Kier alpha value is -3.17. The zero-order chi connectivity index (χ0) is 23.4. The van der Waals surface area contributed by atoms with E-state index in [-0.39, 0.29) is 16.6 Å². The Labute approximate surface area is 195 Å². The predicted molar refractivity (Wildman–Crippen MR) is 134 cm³/mol. The van der Waals surface area contributed by atoms with Gasteiger partial charge in [-0.05, 0) is 49.4 Å². The van der Waals surface area contributed by atoms with Gasteiger partial charge in [0.25, 0.3) is 0 Å². The lowest BCUT2D eigenvalue weighted by molar-refractivity contribution is 0.313. The van der Waals surface area contributed by atoms with E-state index in [9.17, 15) is 8.42 Å². The van der Waals surface area contributed by atoms with Crippen LogP contribution in [0, 0.1) is 0 Å². The van der Waals surface area contributed by atoms with E-state index in [0.717, 1.165) is 37.3 Å². The van der Waals surface area contributed by atoms with Gasteiger partial charge in [-0.3, -0.25) is 0 Å². The Balaban J connectivity index is 1.60. The number of likely N-dealkylation sites (N-methyl/N-ethyl adjacent to an activating group) is 1. The van der Waals surface area contributed by atoms with Gasteiger partial charge in [-0.2, -0.15) is 4.98 Å². The quantitative estimate of drug-likeness (QED) is 0.546. The van der Waals surface area contributed by atoms with Gasteiger partial charge in [0.1, 0.15) is 5.82 Å². The summed E-state index contributed by atoms with van der Waals surface area (Å²) in [6, 6.07) is 15.1. The monoisotopic (exact) mass is 466 g/mol. The number of sulfone groups is 1. The molecule has 1 aliphatic rings. The van der Waals surface area contributed by atoms with E-state index in [1.807, 2.05) is 13.0 Å². The molecule has 8 nitrogen and oxygen atoms in total. The minimum absolute atomic E-state index is 0.113. The van der Waals surface area contributed by atoms with Crippen molar-refractivity contribution >= 4 is 33.0 Å². The lowest BCUT2D eigenvalue weighted by atomic mass is 10.1. The number of anilines is 4. The van der Waals surface area contributed by atoms with Gasteiger partial charge in [0.05, 0.1) is 10.6 Å². The zero-order valence-electron chi connectivity index (χ0n) is 19.0. The van der Waals surface area contributed by atoms with Crippen molar-refractivity contribution < 1.29 is 8.42 Å². The van der Waals surface area contributed by atoms with E-state index in [1.165, 1.54) is 5.69 Å². The summed E-state index contributed by atoms with van der Waals surface area (Å²) in [4.78, 5) is 13.6. The Morgan fingerprint density at radius 3 is 2.48 bits per heavy atom. The molecule has 174 valence electrons. The van der Waals surface area contributed by atoms with Gasteiger partial charge < -0.3 is 20.9 Å². The third-order valence-corrected chi connectivity index (χ3v) is 7.70. The maximum absolute atomic E-state index is 12.5. The zero-order valence-corrected chi connectivity index (χ0v) is 19.8. The maximum atomic E-state index is 12.5. The first-order valence-corrected chi connectivity index (χ1v) is 12.8. The molecule has 0 atom stereocenters. The summed E-state index contributed by atoms with van der Waals surface area (Å²) in [5, 5.41) is 3.24. The molecule has 1 fully saturated rings. The maximum Gasteiger partial charge on any atom is 0.221 e. The molecule has 0 aliphatic carbocycles. The van der Waals surface area contributed by atoms with Crippen molar-refractivity contribution in [1.29, 1.82) is 0 Å². The summed E-state index contributed by atoms with van der Waals surface area (Å²) in [5.41, 5.74) is 9.41. The molecule has 2 heterocycles. The molecule has 0 spiro atoms. The first-order valence-electron chi connectivity index (χ1n) is 11.1. The molecular weight excluding hydrogens is 436 g/mol.